The lowest BCUT2D eigenvalue weighted by Crippen LogP contribution is -2.20. The third-order valence-corrected chi connectivity index (χ3v) is 2.36. The van der Waals surface area contributed by atoms with E-state index in [1.165, 1.54) is 33.5 Å². The molecule has 0 bridgehead atoms. The van der Waals surface area contributed by atoms with Gasteiger partial charge in [0.25, 0.3) is 6.43 Å². The van der Waals surface area contributed by atoms with Gasteiger partial charge in [0.15, 0.2) is 0 Å². The van der Waals surface area contributed by atoms with Crippen molar-refractivity contribution < 1.29 is 23.0 Å². The molecule has 0 aliphatic rings. The zero-order chi connectivity index (χ0) is 13.0. The molecule has 1 atom stereocenters. The van der Waals surface area contributed by atoms with E-state index in [0.717, 1.165) is 0 Å². The quantitative estimate of drug-likeness (QED) is 0.901. The number of hydrogen-bond donors (Lipinski definition) is 1. The molecule has 0 aliphatic carbocycles. The molecule has 1 aromatic carbocycles. The molecule has 0 saturated carbocycles. The highest BCUT2D eigenvalue weighted by Gasteiger charge is 2.26. The topological polar surface area (TPSA) is 53.7 Å². The van der Waals surface area contributed by atoms with Crippen LogP contribution in [0.1, 0.15) is 11.6 Å². The molecule has 7 heteroatoms. The third kappa shape index (κ3) is 3.36. The number of alkyl halides is 2. The molecule has 0 fully saturated rings. The van der Waals surface area contributed by atoms with Crippen molar-refractivity contribution in [1.29, 1.82) is 0 Å². The molecule has 4 nitrogen and oxygen atoms in total. The van der Waals surface area contributed by atoms with E-state index in [1.807, 2.05) is 0 Å². The first-order chi connectivity index (χ1) is 8.04. The maximum absolute atomic E-state index is 12.7. The normalized spacial score (nSPS) is 11.7. The molecular formula is C11H16ClF2NO3. The van der Waals surface area contributed by atoms with Crippen LogP contribution >= 0.6 is 12.4 Å². The van der Waals surface area contributed by atoms with E-state index in [9.17, 15) is 8.78 Å². The van der Waals surface area contributed by atoms with Gasteiger partial charge in [0.1, 0.15) is 17.2 Å². The van der Waals surface area contributed by atoms with E-state index < -0.39 is 12.5 Å². The summed E-state index contributed by atoms with van der Waals surface area (Å²) in [7, 11) is 4.20. The average Bonchev–Trinajstić information content (AvgIpc) is 2.35. The number of halogens is 3. The zero-order valence-corrected chi connectivity index (χ0v) is 11.1. The highest BCUT2D eigenvalue weighted by Crippen LogP contribution is 2.39. The second kappa shape index (κ2) is 7.23. The van der Waals surface area contributed by atoms with Gasteiger partial charge < -0.3 is 19.9 Å². The highest BCUT2D eigenvalue weighted by atomic mass is 35.5. The van der Waals surface area contributed by atoms with Gasteiger partial charge >= 0.3 is 0 Å². The minimum Gasteiger partial charge on any atom is -0.496 e. The highest BCUT2D eigenvalue weighted by molar-refractivity contribution is 5.85. The second-order valence-corrected chi connectivity index (χ2v) is 3.31. The van der Waals surface area contributed by atoms with E-state index in [0.29, 0.717) is 5.75 Å². The summed E-state index contributed by atoms with van der Waals surface area (Å²) in [5.74, 6) is 0.881. The van der Waals surface area contributed by atoms with E-state index in [2.05, 4.69) is 0 Å². The molecule has 0 heterocycles. The minimum atomic E-state index is -2.70. The maximum atomic E-state index is 12.7. The van der Waals surface area contributed by atoms with Gasteiger partial charge in [-0.1, -0.05) is 0 Å². The first kappa shape index (κ1) is 16.7. The van der Waals surface area contributed by atoms with E-state index in [4.69, 9.17) is 19.9 Å². The van der Waals surface area contributed by atoms with Crippen molar-refractivity contribution in [3.8, 4) is 17.2 Å². The van der Waals surface area contributed by atoms with Gasteiger partial charge in [0, 0.05) is 12.1 Å². The molecule has 0 aromatic heterocycles. The van der Waals surface area contributed by atoms with Gasteiger partial charge in [0.2, 0.25) is 0 Å². The molecule has 104 valence electrons. The largest absolute Gasteiger partial charge is 0.496 e. The fourth-order valence-electron chi connectivity index (χ4n) is 1.49. The van der Waals surface area contributed by atoms with Crippen LogP contribution in [0.15, 0.2) is 12.1 Å². The van der Waals surface area contributed by atoms with Crippen LogP contribution in [0.2, 0.25) is 0 Å². The lowest BCUT2D eigenvalue weighted by Gasteiger charge is -2.19. The smallest absolute Gasteiger partial charge is 0.257 e. The number of benzene rings is 1. The van der Waals surface area contributed by atoms with Crippen LogP contribution in [0, 0.1) is 0 Å². The molecule has 0 unspecified atom stereocenters. The first-order valence-electron chi connectivity index (χ1n) is 4.88. The Balaban J connectivity index is 0.00000289. The van der Waals surface area contributed by atoms with Crippen molar-refractivity contribution in [2.24, 2.45) is 5.73 Å². The number of hydrogen-bond acceptors (Lipinski definition) is 4. The fraction of sp³-hybridized carbons (Fsp3) is 0.455. The average molecular weight is 284 g/mol. The maximum Gasteiger partial charge on any atom is 0.257 e. The van der Waals surface area contributed by atoms with Crippen molar-refractivity contribution in [3.63, 3.8) is 0 Å². The van der Waals surface area contributed by atoms with Gasteiger partial charge in [-0.3, -0.25) is 0 Å². The summed E-state index contributed by atoms with van der Waals surface area (Å²) in [4.78, 5) is 0. The van der Waals surface area contributed by atoms with Gasteiger partial charge in [0.05, 0.1) is 32.9 Å². The van der Waals surface area contributed by atoms with E-state index in [-0.39, 0.29) is 29.5 Å². The Morgan fingerprint density at radius 3 is 1.72 bits per heavy atom. The van der Waals surface area contributed by atoms with Crippen LogP contribution in [-0.2, 0) is 0 Å². The van der Waals surface area contributed by atoms with Crippen LogP contribution in [0.4, 0.5) is 8.78 Å². The Hall–Kier alpha value is -1.27. The predicted octanol–water partition coefficient (Wildman–Crippen LogP) is 2.40. The lowest BCUT2D eigenvalue weighted by molar-refractivity contribution is 0.113. The molecule has 0 amide bonds. The summed E-state index contributed by atoms with van der Waals surface area (Å²) in [6, 6.07) is 1.51. The Labute approximate surface area is 110 Å². The number of nitrogens with two attached hydrogens (primary N) is 1. The SMILES string of the molecule is COc1cc(OC)c([C@H](N)C(F)F)c(OC)c1.Cl. The van der Waals surface area contributed by atoms with Gasteiger partial charge in [-0.2, -0.15) is 0 Å². The Kier molecular flexibility index (Phi) is 6.72. The van der Waals surface area contributed by atoms with Crippen LogP contribution in [0.3, 0.4) is 0 Å². The van der Waals surface area contributed by atoms with E-state index >= 15 is 0 Å². The Bertz CT molecular complexity index is 366. The van der Waals surface area contributed by atoms with Crippen molar-refractivity contribution in [2.45, 2.75) is 12.5 Å². The van der Waals surface area contributed by atoms with Gasteiger partial charge in [-0.25, -0.2) is 8.78 Å². The molecule has 1 rings (SSSR count). The van der Waals surface area contributed by atoms with Crippen LogP contribution in [-0.4, -0.2) is 27.8 Å². The summed E-state index contributed by atoms with van der Waals surface area (Å²) in [6.45, 7) is 0. The molecule has 18 heavy (non-hydrogen) atoms. The summed E-state index contributed by atoms with van der Waals surface area (Å²) in [6.07, 6.45) is -2.70. The summed E-state index contributed by atoms with van der Waals surface area (Å²) in [5.41, 5.74) is 5.56. The molecule has 2 N–H and O–H groups in total. The summed E-state index contributed by atoms with van der Waals surface area (Å²) < 4.78 is 40.4. The standard InChI is InChI=1S/C11H15F2NO3.ClH/c1-15-6-4-7(16-2)9(8(5-6)17-3)10(14)11(12)13;/h4-5,10-11H,14H2,1-3H3;1H/t10-;/m0./s1. The van der Waals surface area contributed by atoms with Gasteiger partial charge in [-0.15, -0.1) is 12.4 Å². The summed E-state index contributed by atoms with van der Waals surface area (Å²) >= 11 is 0. The monoisotopic (exact) mass is 283 g/mol. The van der Waals surface area contributed by atoms with Crippen LogP contribution < -0.4 is 19.9 Å². The van der Waals surface area contributed by atoms with Gasteiger partial charge in [-0.05, 0) is 0 Å². The molecule has 0 saturated heterocycles. The second-order valence-electron chi connectivity index (χ2n) is 3.31. The third-order valence-electron chi connectivity index (χ3n) is 2.36. The van der Waals surface area contributed by atoms with Crippen molar-refractivity contribution >= 4 is 12.4 Å². The minimum absolute atomic E-state index is 0. The Morgan fingerprint density at radius 1 is 1.00 bits per heavy atom. The van der Waals surface area contributed by atoms with Crippen molar-refractivity contribution in [2.75, 3.05) is 21.3 Å². The van der Waals surface area contributed by atoms with Crippen molar-refractivity contribution in [3.05, 3.63) is 17.7 Å². The predicted molar refractivity (Wildman–Crippen MR) is 66.3 cm³/mol. The molecule has 0 aliphatic heterocycles. The van der Waals surface area contributed by atoms with Crippen LogP contribution in [0.5, 0.6) is 17.2 Å². The summed E-state index contributed by atoms with van der Waals surface area (Å²) in [5, 5.41) is 0. The first-order valence-corrected chi connectivity index (χ1v) is 4.88. The number of ether oxygens (including phenoxy) is 3. The van der Waals surface area contributed by atoms with Crippen LogP contribution in [0.25, 0.3) is 0 Å². The molecular weight excluding hydrogens is 268 g/mol. The zero-order valence-electron chi connectivity index (χ0n) is 10.3. The Morgan fingerprint density at radius 2 is 1.44 bits per heavy atom. The molecule has 0 spiro atoms. The van der Waals surface area contributed by atoms with E-state index in [1.54, 1.807) is 0 Å². The number of rotatable bonds is 5. The van der Waals surface area contributed by atoms with Crippen molar-refractivity contribution in [1.82, 2.24) is 0 Å². The molecule has 0 radical (unpaired) electrons. The number of methoxy groups -OCH3 is 3. The fourth-order valence-corrected chi connectivity index (χ4v) is 1.49. The lowest BCUT2D eigenvalue weighted by atomic mass is 10.0. The molecule has 1 aromatic rings.